The first-order valence-corrected chi connectivity index (χ1v) is 13.7. The number of carbonyl (C=O) groups is 2. The molecule has 6 nitrogen and oxygen atoms in total. The highest BCUT2D eigenvalue weighted by atomic mass is 16.5. The van der Waals surface area contributed by atoms with Crippen LogP contribution >= 0.6 is 0 Å². The average Bonchev–Trinajstić information content (AvgIpc) is 3.35. The number of Topliss-reactive ketones (excluding diaryl/α,β-unsaturated/α-hetero) is 2. The molecule has 0 bridgehead atoms. The fourth-order valence-corrected chi connectivity index (χ4v) is 5.29. The van der Waals surface area contributed by atoms with Crippen LogP contribution in [0.1, 0.15) is 69.2 Å². The molecule has 0 amide bonds. The van der Waals surface area contributed by atoms with Gasteiger partial charge in [0, 0.05) is 24.3 Å². The number of hydrogen-bond donors (Lipinski definition) is 3. The Kier molecular flexibility index (Phi) is 10.3. The molecular weight excluding hydrogens is 480 g/mol. The van der Waals surface area contributed by atoms with E-state index in [1.54, 1.807) is 13.8 Å². The molecule has 1 aromatic carbocycles. The van der Waals surface area contributed by atoms with Crippen LogP contribution in [0, 0.1) is 18.8 Å². The summed E-state index contributed by atoms with van der Waals surface area (Å²) in [7, 11) is 0. The number of rotatable bonds is 13. The normalized spacial score (nSPS) is 18.4. The van der Waals surface area contributed by atoms with Crippen molar-refractivity contribution in [2.75, 3.05) is 6.61 Å². The molecule has 4 atom stereocenters. The molecule has 1 aliphatic heterocycles. The van der Waals surface area contributed by atoms with E-state index in [2.05, 4.69) is 26.0 Å². The maximum atomic E-state index is 13.5. The highest BCUT2D eigenvalue weighted by Crippen LogP contribution is 2.32. The third-order valence-corrected chi connectivity index (χ3v) is 7.91. The smallest absolute Gasteiger partial charge is 0.167 e. The Morgan fingerprint density at radius 3 is 2.26 bits per heavy atom. The van der Waals surface area contributed by atoms with Crippen LogP contribution in [0.3, 0.4) is 0 Å². The summed E-state index contributed by atoms with van der Waals surface area (Å²) in [5.74, 6) is -0.819. The fraction of sp³-hybridized carbons (Fsp3) is 0.500. The zero-order chi connectivity index (χ0) is 28.0. The summed E-state index contributed by atoms with van der Waals surface area (Å²) in [6, 6.07) is 4.33. The standard InChI is InChI=1S/C32H42O6/c1-6-22-13-19(3)25(14-23(22)7-2)16-29(35)27-10-8-9-24(27)15-30(36)28(20(4)21(5)33)17-31(37)32-12-11-26(34)18-38-32/h9-14,20-21,28,31,33-34,37H,6-8,15-18H2,1-5H3/t20?,21-,28?,31?/m1/s1. The Hall–Kier alpha value is -2.96. The van der Waals surface area contributed by atoms with Gasteiger partial charge in [0.2, 0.25) is 0 Å². The molecule has 38 heavy (non-hydrogen) atoms. The predicted molar refractivity (Wildman–Crippen MR) is 149 cm³/mol. The molecule has 0 radical (unpaired) electrons. The molecule has 2 aliphatic rings. The van der Waals surface area contributed by atoms with E-state index in [9.17, 15) is 24.9 Å². The third-order valence-electron chi connectivity index (χ3n) is 7.91. The van der Waals surface area contributed by atoms with Crippen LogP contribution in [0.25, 0.3) is 0 Å². The van der Waals surface area contributed by atoms with Crippen molar-refractivity contribution in [1.29, 1.82) is 0 Å². The Morgan fingerprint density at radius 2 is 1.66 bits per heavy atom. The van der Waals surface area contributed by atoms with Gasteiger partial charge in [0.15, 0.2) is 5.78 Å². The lowest BCUT2D eigenvalue weighted by Crippen LogP contribution is -2.33. The van der Waals surface area contributed by atoms with Crippen LogP contribution < -0.4 is 0 Å². The van der Waals surface area contributed by atoms with Crippen molar-refractivity contribution < 1.29 is 29.6 Å². The molecule has 6 heteroatoms. The number of allylic oxidation sites excluding steroid dienone is 6. The molecule has 1 aliphatic carbocycles. The van der Waals surface area contributed by atoms with E-state index in [0.717, 1.165) is 29.5 Å². The van der Waals surface area contributed by atoms with E-state index in [1.165, 1.54) is 23.3 Å². The Bertz CT molecular complexity index is 1170. The van der Waals surface area contributed by atoms with E-state index >= 15 is 0 Å². The summed E-state index contributed by atoms with van der Waals surface area (Å²) in [6.45, 7) is 9.70. The summed E-state index contributed by atoms with van der Waals surface area (Å²) in [4.78, 5) is 26.9. The molecule has 0 fully saturated rings. The molecule has 1 aromatic rings. The van der Waals surface area contributed by atoms with Crippen molar-refractivity contribution in [1.82, 2.24) is 0 Å². The summed E-state index contributed by atoms with van der Waals surface area (Å²) in [5.41, 5.74) is 6.02. The van der Waals surface area contributed by atoms with Crippen molar-refractivity contribution in [3.05, 3.63) is 81.4 Å². The van der Waals surface area contributed by atoms with Gasteiger partial charge in [-0.3, -0.25) is 9.59 Å². The molecule has 3 unspecified atom stereocenters. The average molecular weight is 523 g/mol. The first-order chi connectivity index (χ1) is 18.0. The number of ether oxygens (including phenoxy) is 1. The molecule has 1 heterocycles. The molecule has 3 N–H and O–H groups in total. The van der Waals surface area contributed by atoms with E-state index < -0.39 is 24.0 Å². The highest BCUT2D eigenvalue weighted by Gasteiger charge is 2.33. The first-order valence-electron chi connectivity index (χ1n) is 13.7. The second kappa shape index (κ2) is 13.2. The van der Waals surface area contributed by atoms with Crippen LogP contribution in [0.4, 0.5) is 0 Å². The highest BCUT2D eigenvalue weighted by molar-refractivity contribution is 6.03. The number of hydrogen-bond acceptors (Lipinski definition) is 6. The number of benzene rings is 1. The third kappa shape index (κ3) is 7.12. The minimum absolute atomic E-state index is 0.00321. The van der Waals surface area contributed by atoms with E-state index in [0.29, 0.717) is 12.0 Å². The Balaban J connectivity index is 1.73. The van der Waals surface area contributed by atoms with Gasteiger partial charge in [-0.15, -0.1) is 0 Å². The van der Waals surface area contributed by atoms with E-state index in [1.807, 2.05) is 19.1 Å². The van der Waals surface area contributed by atoms with Gasteiger partial charge in [0.05, 0.1) is 6.10 Å². The van der Waals surface area contributed by atoms with Crippen molar-refractivity contribution in [3.63, 3.8) is 0 Å². The topological polar surface area (TPSA) is 104 Å². The predicted octanol–water partition coefficient (Wildman–Crippen LogP) is 5.19. The second-order valence-corrected chi connectivity index (χ2v) is 10.6. The van der Waals surface area contributed by atoms with Crippen molar-refractivity contribution >= 4 is 11.6 Å². The maximum Gasteiger partial charge on any atom is 0.167 e. The monoisotopic (exact) mass is 522 g/mol. The van der Waals surface area contributed by atoms with Crippen LogP contribution in [0.15, 0.2) is 59.1 Å². The molecule has 0 aromatic heterocycles. The van der Waals surface area contributed by atoms with Gasteiger partial charge < -0.3 is 20.1 Å². The number of aliphatic hydroxyl groups is 3. The largest absolute Gasteiger partial charge is 0.509 e. The fourth-order valence-electron chi connectivity index (χ4n) is 5.29. The zero-order valence-electron chi connectivity index (χ0n) is 23.3. The van der Waals surface area contributed by atoms with Crippen LogP contribution in [-0.2, 0) is 33.6 Å². The quantitative estimate of drug-likeness (QED) is 0.330. The summed E-state index contributed by atoms with van der Waals surface area (Å²) >= 11 is 0. The number of ketones is 2. The van der Waals surface area contributed by atoms with Crippen LogP contribution in [0.2, 0.25) is 0 Å². The lowest BCUT2D eigenvalue weighted by atomic mass is 9.79. The van der Waals surface area contributed by atoms with Gasteiger partial charge in [0.1, 0.15) is 30.0 Å². The van der Waals surface area contributed by atoms with Crippen molar-refractivity contribution in [2.45, 2.75) is 85.4 Å². The second-order valence-electron chi connectivity index (χ2n) is 10.6. The van der Waals surface area contributed by atoms with Gasteiger partial charge >= 0.3 is 0 Å². The number of aryl methyl sites for hydroxylation is 3. The minimum atomic E-state index is -1.05. The first kappa shape index (κ1) is 29.6. The van der Waals surface area contributed by atoms with Crippen molar-refractivity contribution in [3.8, 4) is 0 Å². The molecular formula is C32H42O6. The van der Waals surface area contributed by atoms with Crippen LogP contribution in [0.5, 0.6) is 0 Å². The minimum Gasteiger partial charge on any atom is -0.509 e. The van der Waals surface area contributed by atoms with Crippen molar-refractivity contribution in [2.24, 2.45) is 11.8 Å². The molecule has 206 valence electrons. The van der Waals surface area contributed by atoms with Gasteiger partial charge in [-0.25, -0.2) is 0 Å². The molecule has 0 saturated heterocycles. The Labute approximate surface area is 226 Å². The van der Waals surface area contributed by atoms with Gasteiger partial charge in [-0.2, -0.15) is 0 Å². The lowest BCUT2D eigenvalue weighted by Gasteiger charge is -2.28. The zero-order valence-corrected chi connectivity index (χ0v) is 23.3. The summed E-state index contributed by atoms with van der Waals surface area (Å²) < 4.78 is 5.41. The van der Waals surface area contributed by atoms with Gasteiger partial charge in [-0.05, 0) is 85.4 Å². The molecule has 0 saturated carbocycles. The molecule has 0 spiro atoms. The SMILES string of the molecule is CCc1cc(C)c(CC(=O)C2=CCC=C2CC(=O)C(CC(O)C2=CC=C(O)CO2)C(C)[C@@H](C)O)cc1CC. The maximum absolute atomic E-state index is 13.5. The van der Waals surface area contributed by atoms with Crippen LogP contribution in [-0.4, -0.2) is 45.7 Å². The number of carbonyl (C=O) groups excluding carboxylic acids is 2. The summed E-state index contributed by atoms with van der Waals surface area (Å²) in [5, 5.41) is 30.5. The number of aliphatic hydroxyl groups excluding tert-OH is 3. The Morgan fingerprint density at radius 1 is 0.974 bits per heavy atom. The van der Waals surface area contributed by atoms with Gasteiger partial charge in [0.25, 0.3) is 0 Å². The van der Waals surface area contributed by atoms with Gasteiger partial charge in [-0.1, -0.05) is 45.1 Å². The van der Waals surface area contributed by atoms with E-state index in [-0.39, 0.29) is 49.0 Å². The summed E-state index contributed by atoms with van der Waals surface area (Å²) in [6.07, 6.45) is 7.89. The molecule has 3 rings (SSSR count). The van der Waals surface area contributed by atoms with E-state index in [4.69, 9.17) is 4.74 Å². The lowest BCUT2D eigenvalue weighted by molar-refractivity contribution is -0.126.